The molecule has 0 atom stereocenters. The van der Waals surface area contributed by atoms with Crippen LogP contribution in [0.3, 0.4) is 0 Å². The van der Waals surface area contributed by atoms with E-state index >= 15 is 0 Å². The van der Waals surface area contributed by atoms with Crippen LogP contribution in [0, 0.1) is 0 Å². The standard InChI is InChI=1S/C21H20N4O3/c1-14(26)23-17-4-3-5-18(11-17)24-19-10-15(12-22-13-19)21(27)25-16-6-8-20(28-2)9-7-16/h3-13,24H,1-2H3,(H,23,26)(H,25,27). The van der Waals surface area contributed by atoms with Gasteiger partial charge in [-0.05, 0) is 48.5 Å². The summed E-state index contributed by atoms with van der Waals surface area (Å²) in [6.45, 7) is 1.45. The van der Waals surface area contributed by atoms with E-state index in [0.717, 1.165) is 5.69 Å². The molecule has 3 aromatic rings. The van der Waals surface area contributed by atoms with Crippen molar-refractivity contribution in [2.24, 2.45) is 0 Å². The highest BCUT2D eigenvalue weighted by molar-refractivity contribution is 6.04. The van der Waals surface area contributed by atoms with Crippen LogP contribution >= 0.6 is 0 Å². The zero-order valence-corrected chi connectivity index (χ0v) is 15.5. The Balaban J connectivity index is 1.71. The summed E-state index contributed by atoms with van der Waals surface area (Å²) >= 11 is 0. The monoisotopic (exact) mass is 376 g/mol. The van der Waals surface area contributed by atoms with Crippen molar-refractivity contribution >= 4 is 34.6 Å². The van der Waals surface area contributed by atoms with E-state index < -0.39 is 0 Å². The van der Waals surface area contributed by atoms with Gasteiger partial charge in [0.25, 0.3) is 5.91 Å². The van der Waals surface area contributed by atoms with E-state index in [4.69, 9.17) is 4.74 Å². The van der Waals surface area contributed by atoms with E-state index in [-0.39, 0.29) is 11.8 Å². The Morgan fingerprint density at radius 2 is 1.61 bits per heavy atom. The molecule has 2 aromatic carbocycles. The topological polar surface area (TPSA) is 92.3 Å². The van der Waals surface area contributed by atoms with Gasteiger partial charge in [-0.3, -0.25) is 14.6 Å². The third-order valence-electron chi connectivity index (χ3n) is 3.82. The van der Waals surface area contributed by atoms with Gasteiger partial charge < -0.3 is 20.7 Å². The Labute approximate surface area is 162 Å². The first-order chi connectivity index (χ1) is 13.5. The van der Waals surface area contributed by atoms with Gasteiger partial charge in [0.1, 0.15) is 5.75 Å². The summed E-state index contributed by atoms with van der Waals surface area (Å²) in [5.74, 6) is 0.302. The lowest BCUT2D eigenvalue weighted by atomic mass is 10.2. The second kappa shape index (κ2) is 8.68. The van der Waals surface area contributed by atoms with E-state index in [1.165, 1.54) is 13.1 Å². The first kappa shape index (κ1) is 18.9. The molecule has 28 heavy (non-hydrogen) atoms. The largest absolute Gasteiger partial charge is 0.497 e. The first-order valence-electron chi connectivity index (χ1n) is 8.58. The number of carbonyl (C=O) groups is 2. The fourth-order valence-electron chi connectivity index (χ4n) is 2.55. The summed E-state index contributed by atoms with van der Waals surface area (Å²) in [5, 5.41) is 8.73. The number of methoxy groups -OCH3 is 1. The van der Waals surface area contributed by atoms with E-state index in [1.54, 1.807) is 55.8 Å². The van der Waals surface area contributed by atoms with Crippen LogP contribution in [0.25, 0.3) is 0 Å². The van der Waals surface area contributed by atoms with Crippen molar-refractivity contribution in [3.8, 4) is 5.75 Å². The molecular formula is C21H20N4O3. The Bertz CT molecular complexity index is 987. The third-order valence-corrected chi connectivity index (χ3v) is 3.82. The minimum absolute atomic E-state index is 0.143. The van der Waals surface area contributed by atoms with E-state index in [2.05, 4.69) is 20.9 Å². The van der Waals surface area contributed by atoms with Crippen molar-refractivity contribution in [3.63, 3.8) is 0 Å². The Kier molecular flexibility index (Phi) is 5.86. The average Bonchev–Trinajstić information content (AvgIpc) is 2.68. The summed E-state index contributed by atoms with van der Waals surface area (Å²) in [4.78, 5) is 27.8. The molecule has 1 heterocycles. The molecule has 0 saturated heterocycles. The maximum atomic E-state index is 12.5. The Morgan fingerprint density at radius 3 is 2.32 bits per heavy atom. The smallest absolute Gasteiger partial charge is 0.257 e. The van der Waals surface area contributed by atoms with Crippen LogP contribution in [-0.4, -0.2) is 23.9 Å². The molecule has 0 aliphatic heterocycles. The number of benzene rings is 2. The van der Waals surface area contributed by atoms with Crippen molar-refractivity contribution < 1.29 is 14.3 Å². The van der Waals surface area contributed by atoms with Crippen LogP contribution < -0.4 is 20.7 Å². The second-order valence-corrected chi connectivity index (χ2v) is 6.03. The maximum absolute atomic E-state index is 12.5. The van der Waals surface area contributed by atoms with Gasteiger partial charge in [0, 0.05) is 30.2 Å². The van der Waals surface area contributed by atoms with Crippen molar-refractivity contribution in [1.29, 1.82) is 0 Å². The summed E-state index contributed by atoms with van der Waals surface area (Å²) in [5.41, 5.74) is 3.17. The minimum atomic E-state index is -0.270. The molecular weight excluding hydrogens is 356 g/mol. The molecule has 3 N–H and O–H groups in total. The van der Waals surface area contributed by atoms with Gasteiger partial charge in [-0.25, -0.2) is 0 Å². The zero-order chi connectivity index (χ0) is 19.9. The van der Waals surface area contributed by atoms with E-state index in [0.29, 0.717) is 28.4 Å². The molecule has 0 aliphatic rings. The highest BCUT2D eigenvalue weighted by atomic mass is 16.5. The van der Waals surface area contributed by atoms with Gasteiger partial charge in [-0.2, -0.15) is 0 Å². The van der Waals surface area contributed by atoms with Gasteiger partial charge in [-0.15, -0.1) is 0 Å². The molecule has 0 spiro atoms. The molecule has 3 rings (SSSR count). The molecule has 0 radical (unpaired) electrons. The quantitative estimate of drug-likeness (QED) is 0.604. The van der Waals surface area contributed by atoms with Crippen LogP contribution in [0.1, 0.15) is 17.3 Å². The predicted octanol–water partition coefficient (Wildman–Crippen LogP) is 4.04. The van der Waals surface area contributed by atoms with Gasteiger partial charge in [0.15, 0.2) is 0 Å². The second-order valence-electron chi connectivity index (χ2n) is 6.03. The number of anilines is 4. The van der Waals surface area contributed by atoms with Gasteiger partial charge in [-0.1, -0.05) is 6.07 Å². The van der Waals surface area contributed by atoms with Crippen LogP contribution in [0.4, 0.5) is 22.7 Å². The molecule has 1 aromatic heterocycles. The lowest BCUT2D eigenvalue weighted by molar-refractivity contribution is -0.114. The molecule has 0 bridgehead atoms. The molecule has 7 heteroatoms. The van der Waals surface area contributed by atoms with Crippen LogP contribution in [-0.2, 0) is 4.79 Å². The van der Waals surface area contributed by atoms with Crippen molar-refractivity contribution in [3.05, 3.63) is 72.6 Å². The summed E-state index contributed by atoms with van der Waals surface area (Å²) in [7, 11) is 1.59. The normalized spacial score (nSPS) is 10.1. The van der Waals surface area contributed by atoms with E-state index in [9.17, 15) is 9.59 Å². The highest BCUT2D eigenvalue weighted by Crippen LogP contribution is 2.21. The average molecular weight is 376 g/mol. The number of rotatable bonds is 6. The fourth-order valence-corrected chi connectivity index (χ4v) is 2.55. The molecule has 142 valence electrons. The number of aromatic nitrogens is 1. The zero-order valence-electron chi connectivity index (χ0n) is 15.5. The molecule has 0 aliphatic carbocycles. The fraction of sp³-hybridized carbons (Fsp3) is 0.0952. The number of amides is 2. The lowest BCUT2D eigenvalue weighted by Gasteiger charge is -2.10. The summed E-state index contributed by atoms with van der Waals surface area (Å²) < 4.78 is 5.11. The lowest BCUT2D eigenvalue weighted by Crippen LogP contribution is -2.12. The first-order valence-corrected chi connectivity index (χ1v) is 8.58. The number of hydrogen-bond donors (Lipinski definition) is 3. The van der Waals surface area contributed by atoms with Crippen LogP contribution in [0.15, 0.2) is 67.0 Å². The van der Waals surface area contributed by atoms with Gasteiger partial charge in [0.2, 0.25) is 5.91 Å². The molecule has 0 saturated carbocycles. The van der Waals surface area contributed by atoms with Gasteiger partial charge in [0.05, 0.1) is 24.6 Å². The maximum Gasteiger partial charge on any atom is 0.257 e. The van der Waals surface area contributed by atoms with Crippen LogP contribution in [0.5, 0.6) is 5.75 Å². The van der Waals surface area contributed by atoms with E-state index in [1.807, 2.05) is 12.1 Å². The molecule has 7 nitrogen and oxygen atoms in total. The summed E-state index contributed by atoms with van der Waals surface area (Å²) in [6, 6.07) is 16.0. The number of nitrogens with zero attached hydrogens (tertiary/aromatic N) is 1. The number of hydrogen-bond acceptors (Lipinski definition) is 5. The highest BCUT2D eigenvalue weighted by Gasteiger charge is 2.08. The van der Waals surface area contributed by atoms with Crippen molar-refractivity contribution in [2.45, 2.75) is 6.92 Å². The van der Waals surface area contributed by atoms with Gasteiger partial charge >= 0.3 is 0 Å². The van der Waals surface area contributed by atoms with Crippen molar-refractivity contribution in [1.82, 2.24) is 4.98 Å². The Morgan fingerprint density at radius 1 is 0.857 bits per heavy atom. The molecule has 0 fully saturated rings. The van der Waals surface area contributed by atoms with Crippen molar-refractivity contribution in [2.75, 3.05) is 23.1 Å². The number of carbonyl (C=O) groups excluding carboxylic acids is 2. The summed E-state index contributed by atoms with van der Waals surface area (Å²) in [6.07, 6.45) is 3.12. The molecule has 2 amide bonds. The minimum Gasteiger partial charge on any atom is -0.497 e. The van der Waals surface area contributed by atoms with Crippen LogP contribution in [0.2, 0.25) is 0 Å². The predicted molar refractivity (Wildman–Crippen MR) is 109 cm³/mol. The number of nitrogens with one attached hydrogen (secondary N) is 3. The number of ether oxygens (including phenoxy) is 1. The third kappa shape index (κ3) is 5.07. The SMILES string of the molecule is COc1ccc(NC(=O)c2cncc(Nc3cccc(NC(C)=O)c3)c2)cc1. The Hall–Kier alpha value is -3.87. The number of pyridine rings is 1. The molecule has 0 unspecified atom stereocenters.